The number of benzene rings is 5. The van der Waals surface area contributed by atoms with Crippen LogP contribution in [0, 0.1) is 0 Å². The van der Waals surface area contributed by atoms with Gasteiger partial charge in [-0.1, -0.05) is 84.9 Å². The Hall–Kier alpha value is -3.22. The Labute approximate surface area is 168 Å². The van der Waals surface area contributed by atoms with Gasteiger partial charge in [-0.25, -0.2) is 11.8 Å². The SMILES string of the molecule is NOB(ON)c1cccc(-c2ccc3c4ccccc4c4ccccc4c3c2)c1. The average Bonchev–Trinajstić information content (AvgIpc) is 2.80. The molecule has 5 aromatic carbocycles. The summed E-state index contributed by atoms with van der Waals surface area (Å²) in [7, 11) is -0.805. The van der Waals surface area contributed by atoms with Gasteiger partial charge in [0.1, 0.15) is 0 Å². The molecule has 4 nitrogen and oxygen atoms in total. The number of nitrogens with two attached hydrogens (primary N) is 2. The molecule has 0 bridgehead atoms. The van der Waals surface area contributed by atoms with Crippen LogP contribution < -0.4 is 17.3 Å². The zero-order valence-corrected chi connectivity index (χ0v) is 15.7. The summed E-state index contributed by atoms with van der Waals surface area (Å²) in [6.45, 7) is 0. The van der Waals surface area contributed by atoms with Gasteiger partial charge in [0.15, 0.2) is 0 Å². The maximum absolute atomic E-state index is 5.29. The molecule has 0 radical (unpaired) electrons. The van der Waals surface area contributed by atoms with E-state index in [0.717, 1.165) is 16.6 Å². The van der Waals surface area contributed by atoms with E-state index >= 15 is 0 Å². The van der Waals surface area contributed by atoms with Crippen LogP contribution in [-0.2, 0) is 9.51 Å². The molecule has 29 heavy (non-hydrogen) atoms. The molecule has 0 aliphatic rings. The fraction of sp³-hybridized carbons (Fsp3) is 0. The molecule has 0 saturated carbocycles. The van der Waals surface area contributed by atoms with E-state index < -0.39 is 7.12 Å². The Balaban J connectivity index is 1.77. The zero-order valence-electron chi connectivity index (χ0n) is 15.7. The van der Waals surface area contributed by atoms with Gasteiger partial charge < -0.3 is 9.51 Å². The van der Waals surface area contributed by atoms with Gasteiger partial charge in [-0.2, -0.15) is 0 Å². The van der Waals surface area contributed by atoms with Crippen molar-refractivity contribution in [3.05, 3.63) is 91.0 Å². The summed E-state index contributed by atoms with van der Waals surface area (Å²) in [4.78, 5) is 0. The number of hydrogen-bond donors (Lipinski definition) is 2. The molecule has 0 aromatic heterocycles. The Morgan fingerprint density at radius 2 is 1.00 bits per heavy atom. The van der Waals surface area contributed by atoms with Gasteiger partial charge in [0, 0.05) is 0 Å². The van der Waals surface area contributed by atoms with E-state index in [0.29, 0.717) is 0 Å². The third-order valence-corrected chi connectivity index (χ3v) is 5.48. The largest absolute Gasteiger partial charge is 0.528 e. The van der Waals surface area contributed by atoms with Gasteiger partial charge in [-0.05, 0) is 55.0 Å². The third kappa shape index (κ3) is 2.97. The lowest BCUT2D eigenvalue weighted by Gasteiger charge is -2.13. The fourth-order valence-electron chi connectivity index (χ4n) is 4.14. The van der Waals surface area contributed by atoms with Crippen molar-refractivity contribution in [1.29, 1.82) is 0 Å². The summed E-state index contributed by atoms with van der Waals surface area (Å²) < 4.78 is 9.61. The van der Waals surface area contributed by atoms with Crippen molar-refractivity contribution >= 4 is 44.9 Å². The summed E-state index contributed by atoms with van der Waals surface area (Å²) in [5, 5.41) is 7.50. The minimum atomic E-state index is -0.805. The first-order chi connectivity index (χ1) is 14.3. The highest BCUT2D eigenvalue weighted by Crippen LogP contribution is 2.36. The van der Waals surface area contributed by atoms with Crippen LogP contribution in [0.25, 0.3) is 43.4 Å². The van der Waals surface area contributed by atoms with Crippen molar-refractivity contribution in [1.82, 2.24) is 0 Å². The van der Waals surface area contributed by atoms with Crippen molar-refractivity contribution in [3.63, 3.8) is 0 Å². The maximum Gasteiger partial charge on any atom is 0.528 e. The smallest absolute Gasteiger partial charge is 0.324 e. The van der Waals surface area contributed by atoms with E-state index in [1.165, 1.54) is 32.3 Å². The minimum Gasteiger partial charge on any atom is -0.324 e. The summed E-state index contributed by atoms with van der Waals surface area (Å²) in [6.07, 6.45) is 0. The zero-order chi connectivity index (χ0) is 19.8. The van der Waals surface area contributed by atoms with Crippen LogP contribution in [-0.4, -0.2) is 7.12 Å². The van der Waals surface area contributed by atoms with Crippen molar-refractivity contribution in [2.24, 2.45) is 11.8 Å². The van der Waals surface area contributed by atoms with E-state index in [2.05, 4.69) is 72.8 Å². The molecule has 0 unspecified atom stereocenters. The fourth-order valence-corrected chi connectivity index (χ4v) is 4.14. The Morgan fingerprint density at radius 1 is 0.483 bits per heavy atom. The summed E-state index contributed by atoms with van der Waals surface area (Å²) in [6, 6.07) is 31.5. The van der Waals surface area contributed by atoms with Crippen LogP contribution in [0.3, 0.4) is 0 Å². The van der Waals surface area contributed by atoms with Crippen LogP contribution in [0.15, 0.2) is 91.0 Å². The van der Waals surface area contributed by atoms with Gasteiger partial charge in [0.05, 0.1) is 0 Å². The van der Waals surface area contributed by atoms with Gasteiger partial charge in [-0.3, -0.25) is 0 Å². The Bertz CT molecular complexity index is 1310. The molecule has 0 amide bonds. The van der Waals surface area contributed by atoms with Crippen LogP contribution in [0.2, 0.25) is 0 Å². The normalized spacial score (nSPS) is 11.4. The highest BCUT2D eigenvalue weighted by Gasteiger charge is 2.20. The minimum absolute atomic E-state index is 0.760. The molecule has 0 heterocycles. The number of fused-ring (bicyclic) bond motifs is 6. The second-order valence-electron chi connectivity index (χ2n) is 7.08. The van der Waals surface area contributed by atoms with Crippen molar-refractivity contribution in [2.75, 3.05) is 0 Å². The first-order valence-corrected chi connectivity index (χ1v) is 9.45. The van der Waals surface area contributed by atoms with Crippen LogP contribution >= 0.6 is 0 Å². The monoisotopic (exact) mass is 378 g/mol. The Kier molecular flexibility index (Phi) is 4.50. The summed E-state index contributed by atoms with van der Waals surface area (Å²) in [5.74, 6) is 10.6. The summed E-state index contributed by atoms with van der Waals surface area (Å²) in [5.41, 5.74) is 2.91. The van der Waals surface area contributed by atoms with Gasteiger partial charge in [0.25, 0.3) is 0 Å². The highest BCUT2D eigenvalue weighted by molar-refractivity contribution is 6.61. The van der Waals surface area contributed by atoms with Gasteiger partial charge in [-0.15, -0.1) is 0 Å². The molecule has 0 fully saturated rings. The first-order valence-electron chi connectivity index (χ1n) is 9.45. The quantitative estimate of drug-likeness (QED) is 0.278. The topological polar surface area (TPSA) is 70.5 Å². The van der Waals surface area contributed by atoms with Crippen LogP contribution in [0.5, 0.6) is 0 Å². The lowest BCUT2D eigenvalue weighted by Crippen LogP contribution is -2.41. The molecular formula is C24H19BN2O2. The maximum atomic E-state index is 5.29. The highest BCUT2D eigenvalue weighted by atomic mass is 16.7. The van der Waals surface area contributed by atoms with E-state index in [4.69, 9.17) is 21.3 Å². The standard InChI is InChI=1S/C24H19BN2O2/c26-28-25(29-27)18-7-5-6-16(14-18)17-12-13-23-21-10-2-1-8-19(21)20-9-3-4-11-22(20)24(23)15-17/h1-15H,26-27H2. The lowest BCUT2D eigenvalue weighted by atomic mass is 9.78. The van der Waals surface area contributed by atoms with Crippen molar-refractivity contribution in [2.45, 2.75) is 0 Å². The van der Waals surface area contributed by atoms with Crippen LogP contribution in [0.1, 0.15) is 0 Å². The molecule has 0 saturated heterocycles. The van der Waals surface area contributed by atoms with Crippen molar-refractivity contribution in [3.8, 4) is 11.1 Å². The molecule has 4 N–H and O–H groups in total. The average molecular weight is 378 g/mol. The first kappa shape index (κ1) is 17.9. The second kappa shape index (κ2) is 7.31. The molecule has 5 aromatic rings. The molecule has 140 valence electrons. The van der Waals surface area contributed by atoms with Gasteiger partial charge >= 0.3 is 7.12 Å². The van der Waals surface area contributed by atoms with Gasteiger partial charge in [0.2, 0.25) is 0 Å². The molecule has 0 aliphatic heterocycles. The van der Waals surface area contributed by atoms with E-state index in [1.54, 1.807) is 0 Å². The van der Waals surface area contributed by atoms with Crippen molar-refractivity contribution < 1.29 is 9.51 Å². The Morgan fingerprint density at radius 3 is 1.59 bits per heavy atom. The molecular weight excluding hydrogens is 359 g/mol. The number of rotatable bonds is 4. The second-order valence-corrected chi connectivity index (χ2v) is 7.08. The molecule has 5 heteroatoms. The third-order valence-electron chi connectivity index (χ3n) is 5.48. The summed E-state index contributed by atoms with van der Waals surface area (Å²) >= 11 is 0. The molecule has 0 atom stereocenters. The molecule has 0 spiro atoms. The number of hydrogen-bond acceptors (Lipinski definition) is 4. The lowest BCUT2D eigenvalue weighted by molar-refractivity contribution is 0.215. The van der Waals surface area contributed by atoms with E-state index in [-0.39, 0.29) is 0 Å². The molecule has 5 rings (SSSR count). The predicted octanol–water partition coefficient (Wildman–Crippen LogP) is 4.29. The van der Waals surface area contributed by atoms with E-state index in [9.17, 15) is 0 Å². The van der Waals surface area contributed by atoms with Crippen LogP contribution in [0.4, 0.5) is 0 Å². The predicted molar refractivity (Wildman–Crippen MR) is 120 cm³/mol. The van der Waals surface area contributed by atoms with E-state index in [1.807, 2.05) is 18.2 Å². The molecule has 0 aliphatic carbocycles.